The molecule has 6 aliphatic carbocycles. The van der Waals surface area contributed by atoms with E-state index < -0.39 is 0 Å². The third-order valence-electron chi connectivity index (χ3n) is 11.3. The van der Waals surface area contributed by atoms with Crippen molar-refractivity contribution in [3.63, 3.8) is 0 Å². The molecule has 6 saturated carbocycles. The standard InChI is InChI=1S/C29H48N4O2/c1-17-7-8-22(18(2)9-17)26-13-24(23-5-3-4-6-25(23)30-26)27(34)32-33-28(35)31-29-14-19-10-20(15-29)12-21(11-19)16-29/h17-26,30H,3-16H2,1-2H3,(H,32,34)(H2,31,33,35). The van der Waals surface area contributed by atoms with Crippen molar-refractivity contribution in [1.82, 2.24) is 21.5 Å². The summed E-state index contributed by atoms with van der Waals surface area (Å²) in [5.41, 5.74) is 5.63. The van der Waals surface area contributed by atoms with Gasteiger partial charge in [-0.05, 0) is 112 Å². The van der Waals surface area contributed by atoms with Gasteiger partial charge in [-0.3, -0.25) is 10.2 Å². The molecule has 0 spiro atoms. The Bertz CT molecular complexity index is 779. The number of hydrazine groups is 1. The summed E-state index contributed by atoms with van der Waals surface area (Å²) in [5, 5.41) is 7.36. The zero-order valence-corrected chi connectivity index (χ0v) is 22.0. The lowest BCUT2D eigenvalue weighted by atomic mass is 9.53. The van der Waals surface area contributed by atoms with Gasteiger partial charge in [0.15, 0.2) is 0 Å². The number of carbonyl (C=O) groups excluding carboxylic acids is 2. The molecule has 4 N–H and O–H groups in total. The summed E-state index contributed by atoms with van der Waals surface area (Å²) in [6.07, 6.45) is 17.0. The van der Waals surface area contributed by atoms with E-state index in [2.05, 4.69) is 35.3 Å². The monoisotopic (exact) mass is 484 g/mol. The lowest BCUT2D eigenvalue weighted by Crippen LogP contribution is -2.64. The highest BCUT2D eigenvalue weighted by Gasteiger charge is 2.52. The summed E-state index contributed by atoms with van der Waals surface area (Å²) >= 11 is 0. The maximum atomic E-state index is 13.5. The van der Waals surface area contributed by atoms with Crippen molar-refractivity contribution in [2.45, 2.75) is 121 Å². The van der Waals surface area contributed by atoms with E-state index >= 15 is 0 Å². The molecule has 4 bridgehead atoms. The molecular formula is C29H48N4O2. The minimum absolute atomic E-state index is 0.00190. The number of amides is 3. The van der Waals surface area contributed by atoms with Gasteiger partial charge in [0.05, 0.1) is 0 Å². The molecule has 7 unspecified atom stereocenters. The molecule has 1 saturated heterocycles. The van der Waals surface area contributed by atoms with Crippen LogP contribution in [0.2, 0.25) is 0 Å². The van der Waals surface area contributed by atoms with Gasteiger partial charge in [-0.15, -0.1) is 0 Å². The van der Waals surface area contributed by atoms with Gasteiger partial charge < -0.3 is 10.6 Å². The highest BCUT2D eigenvalue weighted by Crippen LogP contribution is 2.55. The molecule has 35 heavy (non-hydrogen) atoms. The fourth-order valence-electron chi connectivity index (χ4n) is 10.3. The Morgan fingerprint density at radius 2 is 1.43 bits per heavy atom. The van der Waals surface area contributed by atoms with Crippen LogP contribution in [0, 0.1) is 47.3 Å². The second-order valence-electron chi connectivity index (χ2n) is 14.0. The molecule has 1 heterocycles. The smallest absolute Gasteiger partial charge is 0.331 e. The largest absolute Gasteiger partial charge is 0.333 e. The highest BCUT2D eigenvalue weighted by atomic mass is 16.2. The second-order valence-corrected chi connectivity index (χ2v) is 14.0. The second kappa shape index (κ2) is 9.54. The number of hydrogen-bond acceptors (Lipinski definition) is 3. The van der Waals surface area contributed by atoms with Crippen molar-refractivity contribution in [1.29, 1.82) is 0 Å². The average molecular weight is 485 g/mol. The lowest BCUT2D eigenvalue weighted by molar-refractivity contribution is -0.130. The summed E-state index contributed by atoms with van der Waals surface area (Å²) < 4.78 is 0. The maximum Gasteiger partial charge on any atom is 0.333 e. The number of nitrogens with one attached hydrogen (secondary N) is 4. The van der Waals surface area contributed by atoms with Crippen LogP contribution >= 0.6 is 0 Å². The van der Waals surface area contributed by atoms with Crippen LogP contribution in [0.5, 0.6) is 0 Å². The molecule has 1 aliphatic heterocycles. The molecule has 7 rings (SSSR count). The lowest BCUT2D eigenvalue weighted by Gasteiger charge is -2.56. The molecular weight excluding hydrogens is 436 g/mol. The van der Waals surface area contributed by atoms with Crippen LogP contribution < -0.4 is 21.5 Å². The third-order valence-corrected chi connectivity index (χ3v) is 11.3. The van der Waals surface area contributed by atoms with Crippen LogP contribution in [-0.4, -0.2) is 29.6 Å². The van der Waals surface area contributed by atoms with E-state index in [0.29, 0.717) is 29.8 Å². The Hall–Kier alpha value is -1.30. The first-order valence-electron chi connectivity index (χ1n) is 15.0. The first kappa shape index (κ1) is 24.1. The molecule has 6 heteroatoms. The molecule has 0 aromatic rings. The number of fused-ring (bicyclic) bond motifs is 1. The first-order chi connectivity index (χ1) is 16.9. The van der Waals surface area contributed by atoms with E-state index in [-0.39, 0.29) is 23.4 Å². The summed E-state index contributed by atoms with van der Waals surface area (Å²) in [5.74, 6) is 4.99. The van der Waals surface area contributed by atoms with Gasteiger partial charge in [-0.1, -0.05) is 33.1 Å². The van der Waals surface area contributed by atoms with Gasteiger partial charge in [0, 0.05) is 23.5 Å². The van der Waals surface area contributed by atoms with Crippen molar-refractivity contribution >= 4 is 11.9 Å². The van der Waals surface area contributed by atoms with Crippen LogP contribution in [0.1, 0.15) is 104 Å². The number of hydrogen-bond donors (Lipinski definition) is 4. The zero-order chi connectivity index (χ0) is 24.2. The van der Waals surface area contributed by atoms with Gasteiger partial charge >= 0.3 is 6.03 Å². The minimum atomic E-state index is -0.208. The molecule has 0 aromatic carbocycles. The topological polar surface area (TPSA) is 82.3 Å². The molecule has 196 valence electrons. The number of piperidine rings is 1. The normalized spacial score (nSPS) is 48.6. The SMILES string of the molecule is CC1CCC(C2CC(C(=O)NNC(=O)NC34CC5CC(CC(C5)C3)C4)C3CCCCC3N2)C(C)C1. The van der Waals surface area contributed by atoms with Crippen molar-refractivity contribution in [3.8, 4) is 0 Å². The molecule has 6 nitrogen and oxygen atoms in total. The summed E-state index contributed by atoms with van der Waals surface area (Å²) in [6, 6.07) is 0.667. The van der Waals surface area contributed by atoms with E-state index in [1.165, 1.54) is 57.8 Å². The Labute approximate surface area is 211 Å². The third kappa shape index (κ3) is 4.85. The first-order valence-corrected chi connectivity index (χ1v) is 15.0. The average Bonchev–Trinajstić information content (AvgIpc) is 2.80. The van der Waals surface area contributed by atoms with Gasteiger partial charge in [0.1, 0.15) is 0 Å². The van der Waals surface area contributed by atoms with E-state index in [4.69, 9.17) is 0 Å². The molecule has 0 aromatic heterocycles. The van der Waals surface area contributed by atoms with Gasteiger partial charge in [-0.25, -0.2) is 10.2 Å². The minimum Gasteiger partial charge on any atom is -0.331 e. The Kier molecular flexibility index (Phi) is 6.56. The molecule has 3 amide bonds. The Morgan fingerprint density at radius 3 is 2.11 bits per heavy atom. The van der Waals surface area contributed by atoms with Gasteiger partial charge in [-0.2, -0.15) is 0 Å². The van der Waals surface area contributed by atoms with Crippen LogP contribution in [0.15, 0.2) is 0 Å². The van der Waals surface area contributed by atoms with E-state index in [0.717, 1.165) is 55.8 Å². The van der Waals surface area contributed by atoms with E-state index in [1.807, 2.05) is 0 Å². The quantitative estimate of drug-likeness (QED) is 0.430. The van der Waals surface area contributed by atoms with Crippen LogP contribution in [0.4, 0.5) is 4.79 Å². The van der Waals surface area contributed by atoms with E-state index in [9.17, 15) is 9.59 Å². The molecule has 0 radical (unpaired) electrons. The molecule has 7 atom stereocenters. The Morgan fingerprint density at radius 1 is 0.743 bits per heavy atom. The van der Waals surface area contributed by atoms with Crippen LogP contribution in [0.3, 0.4) is 0 Å². The predicted molar refractivity (Wildman–Crippen MR) is 137 cm³/mol. The van der Waals surface area contributed by atoms with Crippen molar-refractivity contribution in [2.75, 3.05) is 0 Å². The molecule has 7 fully saturated rings. The highest BCUT2D eigenvalue weighted by molar-refractivity contribution is 5.83. The number of carbonyl (C=O) groups is 2. The molecule has 7 aliphatic rings. The van der Waals surface area contributed by atoms with E-state index in [1.54, 1.807) is 0 Å². The predicted octanol–water partition coefficient (Wildman–Crippen LogP) is 4.89. The summed E-state index contributed by atoms with van der Waals surface area (Å²) in [6.45, 7) is 4.80. The van der Waals surface area contributed by atoms with Crippen molar-refractivity contribution in [3.05, 3.63) is 0 Å². The fraction of sp³-hybridized carbons (Fsp3) is 0.931. The summed E-state index contributed by atoms with van der Waals surface area (Å²) in [4.78, 5) is 26.4. The fourth-order valence-corrected chi connectivity index (χ4v) is 10.3. The van der Waals surface area contributed by atoms with Crippen molar-refractivity contribution < 1.29 is 9.59 Å². The van der Waals surface area contributed by atoms with Gasteiger partial charge in [0.2, 0.25) is 5.91 Å². The zero-order valence-electron chi connectivity index (χ0n) is 22.0. The van der Waals surface area contributed by atoms with Crippen LogP contribution in [-0.2, 0) is 4.79 Å². The number of urea groups is 1. The summed E-state index contributed by atoms with van der Waals surface area (Å²) in [7, 11) is 0. The van der Waals surface area contributed by atoms with Crippen molar-refractivity contribution in [2.24, 2.45) is 47.3 Å². The Balaban J connectivity index is 1.07. The van der Waals surface area contributed by atoms with Crippen LogP contribution in [0.25, 0.3) is 0 Å². The maximum absolute atomic E-state index is 13.5. The van der Waals surface area contributed by atoms with Gasteiger partial charge in [0.25, 0.3) is 0 Å². The number of rotatable bonds is 3.